The quantitative estimate of drug-likeness (QED) is 0.486. The van der Waals surface area contributed by atoms with Crippen LogP contribution in [0.15, 0.2) is 36.7 Å². The van der Waals surface area contributed by atoms with E-state index in [1.807, 2.05) is 18.2 Å². The second kappa shape index (κ2) is 8.74. The van der Waals surface area contributed by atoms with Crippen molar-refractivity contribution < 1.29 is 22.7 Å². The monoisotopic (exact) mass is 461 g/mol. The van der Waals surface area contributed by atoms with Gasteiger partial charge in [0.05, 0.1) is 18.8 Å². The van der Waals surface area contributed by atoms with Crippen molar-refractivity contribution in [1.29, 1.82) is 0 Å². The molecule has 3 N–H and O–H groups in total. The zero-order valence-electron chi connectivity index (χ0n) is 18.0. The highest BCUT2D eigenvalue weighted by molar-refractivity contribution is 6.08. The summed E-state index contributed by atoms with van der Waals surface area (Å²) >= 11 is 0. The molecule has 2 aliphatic rings. The molecule has 5 rings (SSSR count). The lowest BCUT2D eigenvalue weighted by Gasteiger charge is -2.20. The molecule has 3 heterocycles. The first-order valence-corrected chi connectivity index (χ1v) is 11.2. The Hall–Kier alpha value is -3.01. The van der Waals surface area contributed by atoms with Crippen LogP contribution in [0, 0.1) is 17.8 Å². The Balaban J connectivity index is 1.13. The Kier molecular flexibility index (Phi) is 5.77. The highest BCUT2D eigenvalue weighted by atomic mass is 19.4. The van der Waals surface area contributed by atoms with E-state index in [4.69, 9.17) is 4.74 Å². The van der Waals surface area contributed by atoms with Crippen molar-refractivity contribution in [3.63, 3.8) is 0 Å². The molecule has 3 atom stereocenters. The first kappa shape index (κ1) is 21.8. The van der Waals surface area contributed by atoms with E-state index < -0.39 is 12.7 Å². The largest absolute Gasteiger partial charge is 0.494 e. The van der Waals surface area contributed by atoms with Crippen LogP contribution in [0.4, 0.5) is 18.9 Å². The molecule has 2 fully saturated rings. The molecular formula is C23H26F3N5O2. The third-order valence-electron chi connectivity index (χ3n) is 6.77. The van der Waals surface area contributed by atoms with Gasteiger partial charge in [0.15, 0.2) is 0 Å². The van der Waals surface area contributed by atoms with Gasteiger partial charge in [0.25, 0.3) is 5.91 Å². The van der Waals surface area contributed by atoms with Gasteiger partial charge in [0, 0.05) is 36.4 Å². The molecule has 0 radical (unpaired) electrons. The van der Waals surface area contributed by atoms with Gasteiger partial charge >= 0.3 is 6.18 Å². The standard InChI is InChI=1S/C23H26F3N5O2/c24-23(25,26)13-31-11-15-7-14(8-16(15)12-31)4-6-33-17-1-2-19-18(9-17)21(10-27-19)29-22(32)20-3-5-28-30-20/h1-3,5,9-10,14-16,27H,4,6-8,11-13H2,(H,28,30)(H,29,32)/t14-,15-,16+. The summed E-state index contributed by atoms with van der Waals surface area (Å²) < 4.78 is 43.9. The molecule has 1 aromatic carbocycles. The van der Waals surface area contributed by atoms with Crippen LogP contribution in [0.2, 0.25) is 0 Å². The smallest absolute Gasteiger partial charge is 0.401 e. The van der Waals surface area contributed by atoms with Crippen LogP contribution in [-0.2, 0) is 0 Å². The van der Waals surface area contributed by atoms with E-state index >= 15 is 0 Å². The average Bonchev–Trinajstić information content (AvgIpc) is 3.51. The van der Waals surface area contributed by atoms with Gasteiger partial charge in [0.2, 0.25) is 0 Å². The molecule has 1 aliphatic carbocycles. The van der Waals surface area contributed by atoms with E-state index in [9.17, 15) is 18.0 Å². The fourth-order valence-electron chi connectivity index (χ4n) is 5.35. The molecule has 2 aromatic heterocycles. The number of nitrogens with zero attached hydrogens (tertiary/aromatic N) is 2. The minimum absolute atomic E-state index is 0.277. The first-order valence-electron chi connectivity index (χ1n) is 11.2. The maximum Gasteiger partial charge on any atom is 0.401 e. The van der Waals surface area contributed by atoms with Gasteiger partial charge in [-0.2, -0.15) is 18.3 Å². The Morgan fingerprint density at radius 1 is 1.21 bits per heavy atom. The fourth-order valence-corrected chi connectivity index (χ4v) is 5.35. The molecule has 0 bridgehead atoms. The van der Waals surface area contributed by atoms with E-state index in [0.717, 1.165) is 30.2 Å². The van der Waals surface area contributed by atoms with Crippen molar-refractivity contribution in [2.45, 2.75) is 25.4 Å². The Morgan fingerprint density at radius 2 is 2.00 bits per heavy atom. The third kappa shape index (κ3) is 5.00. The minimum Gasteiger partial charge on any atom is -0.494 e. The maximum atomic E-state index is 12.6. The van der Waals surface area contributed by atoms with Crippen molar-refractivity contribution in [3.05, 3.63) is 42.4 Å². The molecule has 33 heavy (non-hydrogen) atoms. The number of amides is 1. The SMILES string of the molecule is O=C(Nc1c[nH]c2ccc(OCC[C@@H]3C[C@@H]4CN(CC(F)(F)F)C[C@@H]4C3)cc12)c1ccn[nH]1. The number of ether oxygens (including phenoxy) is 1. The number of anilines is 1. The molecular weight excluding hydrogens is 435 g/mol. The highest BCUT2D eigenvalue weighted by Crippen LogP contribution is 2.43. The van der Waals surface area contributed by atoms with E-state index in [0.29, 0.717) is 54.6 Å². The number of hydrogen-bond donors (Lipinski definition) is 3. The van der Waals surface area contributed by atoms with Crippen LogP contribution in [0.3, 0.4) is 0 Å². The number of hydrogen-bond acceptors (Lipinski definition) is 4. The lowest BCUT2D eigenvalue weighted by Crippen LogP contribution is -2.33. The van der Waals surface area contributed by atoms with Crippen molar-refractivity contribution >= 4 is 22.5 Å². The van der Waals surface area contributed by atoms with Crippen LogP contribution >= 0.6 is 0 Å². The number of aromatic nitrogens is 3. The average molecular weight is 461 g/mol. The number of H-pyrrole nitrogens is 2. The number of fused-ring (bicyclic) bond motifs is 2. The zero-order valence-corrected chi connectivity index (χ0v) is 18.0. The molecule has 1 amide bonds. The van der Waals surface area contributed by atoms with Gasteiger partial charge in [-0.15, -0.1) is 0 Å². The molecule has 176 valence electrons. The lowest BCUT2D eigenvalue weighted by molar-refractivity contribution is -0.144. The van der Waals surface area contributed by atoms with Gasteiger partial charge in [-0.1, -0.05) is 0 Å². The number of rotatable bonds is 7. The van der Waals surface area contributed by atoms with E-state index in [1.54, 1.807) is 17.2 Å². The van der Waals surface area contributed by atoms with Crippen molar-refractivity contribution in [2.75, 3.05) is 31.6 Å². The molecule has 0 spiro atoms. The lowest BCUT2D eigenvalue weighted by atomic mass is 10.0. The summed E-state index contributed by atoms with van der Waals surface area (Å²) in [5.41, 5.74) is 1.91. The number of likely N-dealkylation sites (tertiary alicyclic amines) is 1. The second-order valence-electron chi connectivity index (χ2n) is 9.14. The maximum absolute atomic E-state index is 12.6. The predicted octanol–water partition coefficient (Wildman–Crippen LogP) is 4.43. The van der Waals surface area contributed by atoms with Crippen LogP contribution in [-0.4, -0.2) is 58.4 Å². The number of benzene rings is 1. The van der Waals surface area contributed by atoms with E-state index in [1.165, 1.54) is 6.20 Å². The van der Waals surface area contributed by atoms with Crippen LogP contribution in [0.1, 0.15) is 29.8 Å². The zero-order chi connectivity index (χ0) is 23.0. The van der Waals surface area contributed by atoms with Gasteiger partial charge in [0.1, 0.15) is 11.4 Å². The number of nitrogens with one attached hydrogen (secondary N) is 3. The predicted molar refractivity (Wildman–Crippen MR) is 117 cm³/mol. The van der Waals surface area contributed by atoms with Crippen molar-refractivity contribution in [3.8, 4) is 5.75 Å². The summed E-state index contributed by atoms with van der Waals surface area (Å²) in [4.78, 5) is 17.0. The number of carbonyl (C=O) groups excluding carboxylic acids is 1. The molecule has 7 nitrogen and oxygen atoms in total. The Labute approximate surface area is 188 Å². The fraction of sp³-hybridized carbons (Fsp3) is 0.478. The van der Waals surface area contributed by atoms with Crippen molar-refractivity contribution in [2.24, 2.45) is 17.8 Å². The molecule has 0 unspecified atom stereocenters. The molecule has 3 aromatic rings. The van der Waals surface area contributed by atoms with Crippen LogP contribution in [0.5, 0.6) is 5.75 Å². The van der Waals surface area contributed by atoms with Gasteiger partial charge in [-0.3, -0.25) is 14.8 Å². The Morgan fingerprint density at radius 3 is 2.70 bits per heavy atom. The number of carbonyl (C=O) groups is 1. The third-order valence-corrected chi connectivity index (χ3v) is 6.77. The van der Waals surface area contributed by atoms with Crippen LogP contribution < -0.4 is 10.1 Å². The summed E-state index contributed by atoms with van der Waals surface area (Å²) in [7, 11) is 0. The van der Waals surface area contributed by atoms with Gasteiger partial charge in [-0.05, 0) is 61.3 Å². The van der Waals surface area contributed by atoms with Gasteiger partial charge in [-0.25, -0.2) is 0 Å². The number of aromatic amines is 2. The molecule has 10 heteroatoms. The summed E-state index contributed by atoms with van der Waals surface area (Å²) in [6, 6.07) is 7.29. The molecule has 1 saturated heterocycles. The highest BCUT2D eigenvalue weighted by Gasteiger charge is 2.43. The normalized spacial score (nSPS) is 23.2. The topological polar surface area (TPSA) is 86.0 Å². The van der Waals surface area contributed by atoms with Crippen LogP contribution in [0.25, 0.3) is 10.9 Å². The van der Waals surface area contributed by atoms with E-state index in [2.05, 4.69) is 20.5 Å². The summed E-state index contributed by atoms with van der Waals surface area (Å²) in [6.07, 6.45) is 1.98. The first-order chi connectivity index (χ1) is 15.8. The Bertz CT molecular complexity index is 1100. The molecule has 1 saturated carbocycles. The van der Waals surface area contributed by atoms with Crippen molar-refractivity contribution in [1.82, 2.24) is 20.1 Å². The van der Waals surface area contributed by atoms with E-state index in [-0.39, 0.29) is 5.91 Å². The second-order valence-corrected chi connectivity index (χ2v) is 9.14. The summed E-state index contributed by atoms with van der Waals surface area (Å²) in [5, 5.41) is 10.1. The van der Waals surface area contributed by atoms with Gasteiger partial charge < -0.3 is 15.0 Å². The molecule has 1 aliphatic heterocycles. The summed E-state index contributed by atoms with van der Waals surface area (Å²) in [5.74, 6) is 1.67. The minimum atomic E-state index is -4.12. The summed E-state index contributed by atoms with van der Waals surface area (Å²) in [6.45, 7) is 0.874. The number of halogens is 3. The number of alkyl halides is 3.